The van der Waals surface area contributed by atoms with Crippen LogP contribution in [0.1, 0.15) is 49.3 Å². The molecule has 0 bridgehead atoms. The molecule has 38 heavy (non-hydrogen) atoms. The molecule has 5 rings (SSSR count). The van der Waals surface area contributed by atoms with Gasteiger partial charge in [-0.1, -0.05) is 66.9 Å². The van der Waals surface area contributed by atoms with E-state index in [2.05, 4.69) is 15.6 Å². The molecule has 1 fully saturated rings. The number of amides is 2. The van der Waals surface area contributed by atoms with Crippen LogP contribution in [0.15, 0.2) is 72.8 Å². The van der Waals surface area contributed by atoms with E-state index in [0.29, 0.717) is 22.5 Å². The highest BCUT2D eigenvalue weighted by Gasteiger charge is 2.35. The van der Waals surface area contributed by atoms with Crippen molar-refractivity contribution in [3.05, 3.63) is 83.9 Å². The smallest absolute Gasteiger partial charge is 0.249 e. The molecule has 1 saturated carbocycles. The van der Waals surface area contributed by atoms with Gasteiger partial charge in [-0.2, -0.15) is 0 Å². The third kappa shape index (κ3) is 5.39. The van der Waals surface area contributed by atoms with Gasteiger partial charge in [0.2, 0.25) is 11.8 Å². The summed E-state index contributed by atoms with van der Waals surface area (Å²) in [6, 6.07) is 21.7. The van der Waals surface area contributed by atoms with Crippen LogP contribution in [-0.2, 0) is 16.1 Å². The molecule has 0 spiro atoms. The Morgan fingerprint density at radius 2 is 1.79 bits per heavy atom. The second kappa shape index (κ2) is 11.5. The van der Waals surface area contributed by atoms with Crippen molar-refractivity contribution in [1.82, 2.24) is 20.3 Å². The summed E-state index contributed by atoms with van der Waals surface area (Å²) in [5.41, 5.74) is 3.71. The lowest BCUT2D eigenvalue weighted by Gasteiger charge is -2.34. The Kier molecular flexibility index (Phi) is 7.67. The number of fused-ring (bicyclic) bond motifs is 1. The molecule has 4 aromatic rings. The van der Waals surface area contributed by atoms with Gasteiger partial charge >= 0.3 is 0 Å². The van der Waals surface area contributed by atoms with Gasteiger partial charge in [-0.3, -0.25) is 14.5 Å². The van der Waals surface area contributed by atoms with Crippen LogP contribution in [0.5, 0.6) is 5.75 Å². The van der Waals surface area contributed by atoms with Crippen LogP contribution < -0.4 is 15.0 Å². The Morgan fingerprint density at radius 1 is 1.03 bits per heavy atom. The summed E-state index contributed by atoms with van der Waals surface area (Å²) < 4.78 is 7.07. The number of benzene rings is 3. The summed E-state index contributed by atoms with van der Waals surface area (Å²) in [6.45, 7) is 1.88. The lowest BCUT2D eigenvalue weighted by molar-refractivity contribution is -0.127. The molecule has 8 nitrogen and oxygen atoms in total. The van der Waals surface area contributed by atoms with Gasteiger partial charge in [0.15, 0.2) is 0 Å². The van der Waals surface area contributed by atoms with Crippen molar-refractivity contribution in [3.63, 3.8) is 0 Å². The van der Waals surface area contributed by atoms with Crippen molar-refractivity contribution in [3.8, 4) is 5.75 Å². The van der Waals surface area contributed by atoms with E-state index in [9.17, 15) is 9.59 Å². The highest BCUT2D eigenvalue weighted by atomic mass is 16.5. The van der Waals surface area contributed by atoms with Crippen molar-refractivity contribution < 1.29 is 14.3 Å². The number of nitrogens with zero attached hydrogens (tertiary/aromatic N) is 4. The maximum atomic E-state index is 14.2. The molecular weight excluding hydrogens is 478 g/mol. The third-order valence-electron chi connectivity index (χ3n) is 7.22. The Hall–Kier alpha value is -4.20. The minimum absolute atomic E-state index is 0.0635. The van der Waals surface area contributed by atoms with E-state index in [0.717, 1.165) is 36.8 Å². The number of hydrogen-bond acceptors (Lipinski definition) is 5. The van der Waals surface area contributed by atoms with Crippen LogP contribution >= 0.6 is 0 Å². The second-order valence-electron chi connectivity index (χ2n) is 9.81. The molecule has 0 radical (unpaired) electrons. The number of hydrogen-bond donors (Lipinski definition) is 1. The number of aromatic nitrogens is 3. The third-order valence-corrected chi connectivity index (χ3v) is 7.22. The zero-order chi connectivity index (χ0) is 26.5. The molecule has 3 aromatic carbocycles. The molecule has 196 valence electrons. The largest absolute Gasteiger partial charge is 0.497 e. The van der Waals surface area contributed by atoms with Gasteiger partial charge in [-0.25, -0.2) is 4.68 Å². The minimum Gasteiger partial charge on any atom is -0.497 e. The number of nitrogens with one attached hydrogen (secondary N) is 1. The number of aryl methyl sites for hydroxylation is 1. The van der Waals surface area contributed by atoms with Gasteiger partial charge in [0, 0.05) is 11.7 Å². The van der Waals surface area contributed by atoms with Crippen LogP contribution in [0.4, 0.5) is 5.69 Å². The molecule has 1 heterocycles. The number of methoxy groups -OCH3 is 1. The lowest BCUT2D eigenvalue weighted by atomic mass is 9.94. The molecule has 1 aromatic heterocycles. The SMILES string of the molecule is COc1cccc(C(C(=O)NC2CCCCC2)N(C(=O)Cn2nnc3ccccc32)c2ccccc2C)c1. The first-order valence-electron chi connectivity index (χ1n) is 13.2. The maximum Gasteiger partial charge on any atom is 0.249 e. The van der Waals surface area contributed by atoms with Gasteiger partial charge in [-0.05, 0) is 61.2 Å². The predicted octanol–water partition coefficient (Wildman–Crippen LogP) is 4.97. The van der Waals surface area contributed by atoms with E-state index in [1.807, 2.05) is 79.7 Å². The average molecular weight is 512 g/mol. The number of anilines is 1. The molecule has 1 aliphatic carbocycles. The number of ether oxygens (including phenoxy) is 1. The van der Waals surface area contributed by atoms with E-state index < -0.39 is 6.04 Å². The molecule has 0 saturated heterocycles. The van der Waals surface area contributed by atoms with E-state index in [-0.39, 0.29) is 24.4 Å². The number of rotatable bonds is 8. The topological polar surface area (TPSA) is 89.4 Å². The van der Waals surface area contributed by atoms with Crippen molar-refractivity contribution in [1.29, 1.82) is 0 Å². The monoisotopic (exact) mass is 511 g/mol. The van der Waals surface area contributed by atoms with Crippen LogP contribution in [-0.4, -0.2) is 40.0 Å². The Bertz CT molecular complexity index is 1430. The van der Waals surface area contributed by atoms with Crippen molar-refractivity contribution in [2.75, 3.05) is 12.0 Å². The number of para-hydroxylation sites is 2. The van der Waals surface area contributed by atoms with Crippen molar-refractivity contribution in [2.45, 2.75) is 57.7 Å². The maximum absolute atomic E-state index is 14.2. The summed E-state index contributed by atoms with van der Waals surface area (Å²) >= 11 is 0. The fourth-order valence-electron chi connectivity index (χ4n) is 5.25. The molecular formula is C30H33N5O3. The molecule has 0 aliphatic heterocycles. The van der Waals surface area contributed by atoms with Gasteiger partial charge in [0.25, 0.3) is 0 Å². The summed E-state index contributed by atoms with van der Waals surface area (Å²) in [4.78, 5) is 29.9. The van der Waals surface area contributed by atoms with Gasteiger partial charge in [0.1, 0.15) is 23.9 Å². The van der Waals surface area contributed by atoms with Gasteiger partial charge in [-0.15, -0.1) is 5.10 Å². The molecule has 1 atom stereocenters. The molecule has 1 aliphatic rings. The molecule has 8 heteroatoms. The second-order valence-corrected chi connectivity index (χ2v) is 9.81. The molecule has 1 N–H and O–H groups in total. The van der Waals surface area contributed by atoms with Crippen molar-refractivity contribution in [2.24, 2.45) is 0 Å². The average Bonchev–Trinajstić information content (AvgIpc) is 3.35. The van der Waals surface area contributed by atoms with E-state index in [4.69, 9.17) is 4.74 Å². The molecule has 2 amide bonds. The molecule has 1 unspecified atom stereocenters. The Balaban J connectivity index is 1.58. The zero-order valence-electron chi connectivity index (χ0n) is 21.8. The Labute approximate surface area is 222 Å². The summed E-state index contributed by atoms with van der Waals surface area (Å²) in [7, 11) is 1.59. The summed E-state index contributed by atoms with van der Waals surface area (Å²) in [6.07, 6.45) is 5.26. The van der Waals surface area contributed by atoms with E-state index in [1.165, 1.54) is 6.42 Å². The zero-order valence-corrected chi connectivity index (χ0v) is 21.8. The first kappa shape index (κ1) is 25.4. The predicted molar refractivity (Wildman–Crippen MR) is 147 cm³/mol. The van der Waals surface area contributed by atoms with E-state index in [1.54, 1.807) is 16.7 Å². The van der Waals surface area contributed by atoms with Crippen LogP contribution in [0.2, 0.25) is 0 Å². The quantitative estimate of drug-likeness (QED) is 0.361. The lowest BCUT2D eigenvalue weighted by Crippen LogP contribution is -2.48. The fraction of sp³-hybridized carbons (Fsp3) is 0.333. The first-order valence-corrected chi connectivity index (χ1v) is 13.2. The summed E-state index contributed by atoms with van der Waals surface area (Å²) in [5.74, 6) is 0.157. The van der Waals surface area contributed by atoms with Crippen LogP contribution in [0.25, 0.3) is 11.0 Å². The fourth-order valence-corrected chi connectivity index (χ4v) is 5.25. The Morgan fingerprint density at radius 3 is 2.58 bits per heavy atom. The minimum atomic E-state index is -0.893. The highest BCUT2D eigenvalue weighted by molar-refractivity contribution is 6.02. The standard InChI is InChI=1S/C30H33N5O3/c1-21-11-6-8-17-26(21)35(28(36)20-34-27-18-9-7-16-25(27)32-33-34)29(22-12-10-15-24(19-22)38-2)30(37)31-23-13-4-3-5-14-23/h6-12,15-19,23,29H,3-5,13-14,20H2,1-2H3,(H,31,37). The number of carbonyl (C=O) groups is 2. The first-order chi connectivity index (χ1) is 18.5. The number of carbonyl (C=O) groups excluding carboxylic acids is 2. The van der Waals surface area contributed by atoms with Crippen LogP contribution in [0.3, 0.4) is 0 Å². The van der Waals surface area contributed by atoms with E-state index >= 15 is 0 Å². The van der Waals surface area contributed by atoms with Crippen molar-refractivity contribution >= 4 is 28.5 Å². The highest BCUT2D eigenvalue weighted by Crippen LogP contribution is 2.33. The normalized spacial score (nSPS) is 14.7. The van der Waals surface area contributed by atoms with Gasteiger partial charge < -0.3 is 10.1 Å². The summed E-state index contributed by atoms with van der Waals surface area (Å²) in [5, 5.41) is 11.7. The van der Waals surface area contributed by atoms with Crippen LogP contribution in [0, 0.1) is 6.92 Å². The van der Waals surface area contributed by atoms with Gasteiger partial charge in [0.05, 0.1) is 12.6 Å².